The molecule has 0 bridgehead atoms. The normalized spacial score (nSPS) is 14.4. The number of benzene rings is 1. The summed E-state index contributed by atoms with van der Waals surface area (Å²) in [6.45, 7) is 4.34. The van der Waals surface area contributed by atoms with Gasteiger partial charge in [0.05, 0.1) is 0 Å². The third kappa shape index (κ3) is 4.57. The monoisotopic (exact) mass is 269 g/mol. The van der Waals surface area contributed by atoms with Crippen molar-refractivity contribution in [3.8, 4) is 0 Å². The molecule has 1 rings (SSSR count). The highest BCUT2D eigenvalue weighted by molar-refractivity contribution is 5.22. The first-order valence-corrected chi connectivity index (χ1v) is 7.25. The molecule has 0 radical (unpaired) electrons. The van der Waals surface area contributed by atoms with Gasteiger partial charge in [-0.15, -0.1) is 0 Å². The topological polar surface area (TPSA) is 12.0 Å². The van der Waals surface area contributed by atoms with Gasteiger partial charge in [-0.1, -0.05) is 51.7 Å². The van der Waals surface area contributed by atoms with Crippen molar-refractivity contribution in [2.24, 2.45) is 5.92 Å². The fourth-order valence-electron chi connectivity index (χ4n) is 2.50. The second kappa shape index (κ2) is 8.26. The van der Waals surface area contributed by atoms with Crippen molar-refractivity contribution in [1.29, 1.82) is 0 Å². The summed E-state index contributed by atoms with van der Waals surface area (Å²) in [6, 6.07) is 4.30. The van der Waals surface area contributed by atoms with E-state index in [0.717, 1.165) is 19.3 Å². The molecule has 0 saturated heterocycles. The molecule has 108 valence electrons. The second-order valence-electron chi connectivity index (χ2n) is 5.14. The predicted molar refractivity (Wildman–Crippen MR) is 76.1 cm³/mol. The molecule has 19 heavy (non-hydrogen) atoms. The minimum atomic E-state index is -0.764. The first-order valence-electron chi connectivity index (χ1n) is 7.25. The van der Waals surface area contributed by atoms with Crippen LogP contribution in [0, 0.1) is 17.6 Å². The fourth-order valence-corrected chi connectivity index (χ4v) is 2.50. The van der Waals surface area contributed by atoms with Crippen LogP contribution in [0.4, 0.5) is 8.78 Å². The van der Waals surface area contributed by atoms with Crippen LogP contribution in [0.15, 0.2) is 18.2 Å². The lowest BCUT2D eigenvalue weighted by atomic mass is 9.89. The molecule has 0 aliphatic rings. The zero-order valence-corrected chi connectivity index (χ0v) is 12.2. The summed E-state index contributed by atoms with van der Waals surface area (Å²) < 4.78 is 27.1. The molecule has 0 aromatic heterocycles. The fraction of sp³-hybridized carbons (Fsp3) is 0.625. The van der Waals surface area contributed by atoms with Crippen molar-refractivity contribution in [1.82, 2.24) is 5.32 Å². The molecule has 0 spiro atoms. The molecule has 0 aliphatic carbocycles. The third-order valence-corrected chi connectivity index (χ3v) is 3.82. The summed E-state index contributed by atoms with van der Waals surface area (Å²) in [5, 5.41) is 3.12. The molecule has 0 fully saturated rings. The van der Waals surface area contributed by atoms with E-state index in [0.29, 0.717) is 11.5 Å². The molecule has 1 N–H and O–H groups in total. The third-order valence-electron chi connectivity index (χ3n) is 3.82. The zero-order chi connectivity index (χ0) is 14.3. The summed E-state index contributed by atoms with van der Waals surface area (Å²) in [4.78, 5) is 0. The van der Waals surface area contributed by atoms with E-state index >= 15 is 0 Å². The maximum absolute atomic E-state index is 13.8. The SMILES string of the molecule is CCCCC(CC)CC(NC)c1cccc(F)c1F. The van der Waals surface area contributed by atoms with Crippen LogP contribution in [0.25, 0.3) is 0 Å². The van der Waals surface area contributed by atoms with Gasteiger partial charge in [0.25, 0.3) is 0 Å². The number of nitrogens with one attached hydrogen (secondary N) is 1. The van der Waals surface area contributed by atoms with E-state index in [1.165, 1.54) is 18.9 Å². The van der Waals surface area contributed by atoms with Gasteiger partial charge in [-0.05, 0) is 25.5 Å². The van der Waals surface area contributed by atoms with Crippen LogP contribution >= 0.6 is 0 Å². The maximum atomic E-state index is 13.8. The average Bonchev–Trinajstić information content (AvgIpc) is 2.43. The summed E-state index contributed by atoms with van der Waals surface area (Å²) in [6.07, 6.45) is 5.46. The highest BCUT2D eigenvalue weighted by Gasteiger charge is 2.20. The van der Waals surface area contributed by atoms with Gasteiger partial charge in [-0.3, -0.25) is 0 Å². The molecule has 0 heterocycles. The van der Waals surface area contributed by atoms with Crippen LogP contribution < -0.4 is 5.32 Å². The van der Waals surface area contributed by atoms with Gasteiger partial charge in [0.15, 0.2) is 11.6 Å². The number of hydrogen-bond donors (Lipinski definition) is 1. The number of unbranched alkanes of at least 4 members (excludes halogenated alkanes) is 1. The lowest BCUT2D eigenvalue weighted by Crippen LogP contribution is -2.21. The van der Waals surface area contributed by atoms with Crippen LogP contribution in [-0.4, -0.2) is 7.05 Å². The summed E-state index contributed by atoms with van der Waals surface area (Å²) in [5.74, 6) is -0.924. The summed E-state index contributed by atoms with van der Waals surface area (Å²) >= 11 is 0. The van der Waals surface area contributed by atoms with Gasteiger partial charge < -0.3 is 5.32 Å². The number of hydrogen-bond acceptors (Lipinski definition) is 1. The number of rotatable bonds is 8. The Morgan fingerprint density at radius 2 is 1.95 bits per heavy atom. The Labute approximate surface area is 115 Å². The van der Waals surface area contributed by atoms with Crippen LogP contribution in [0.5, 0.6) is 0 Å². The predicted octanol–water partition coefficient (Wildman–Crippen LogP) is 4.83. The van der Waals surface area contributed by atoms with Crippen LogP contribution in [0.3, 0.4) is 0 Å². The Morgan fingerprint density at radius 1 is 1.21 bits per heavy atom. The number of halogens is 2. The molecular formula is C16H25F2N. The summed E-state index contributed by atoms with van der Waals surface area (Å²) in [7, 11) is 1.81. The Kier molecular flexibility index (Phi) is 7.00. The Morgan fingerprint density at radius 3 is 2.53 bits per heavy atom. The van der Waals surface area contributed by atoms with Gasteiger partial charge in [-0.2, -0.15) is 0 Å². The largest absolute Gasteiger partial charge is 0.313 e. The molecule has 1 aromatic carbocycles. The lowest BCUT2D eigenvalue weighted by Gasteiger charge is -2.23. The molecule has 3 heteroatoms. The van der Waals surface area contributed by atoms with Gasteiger partial charge in [-0.25, -0.2) is 8.78 Å². The van der Waals surface area contributed by atoms with E-state index < -0.39 is 11.6 Å². The average molecular weight is 269 g/mol. The first kappa shape index (κ1) is 16.1. The lowest BCUT2D eigenvalue weighted by molar-refractivity contribution is 0.355. The van der Waals surface area contributed by atoms with Crippen molar-refractivity contribution in [3.05, 3.63) is 35.4 Å². The van der Waals surface area contributed by atoms with E-state index in [9.17, 15) is 8.78 Å². The Bertz CT molecular complexity index is 379. The minimum Gasteiger partial charge on any atom is -0.313 e. The van der Waals surface area contributed by atoms with Crippen molar-refractivity contribution >= 4 is 0 Å². The summed E-state index contributed by atoms with van der Waals surface area (Å²) in [5.41, 5.74) is 0.442. The Balaban J connectivity index is 2.79. The van der Waals surface area contributed by atoms with Gasteiger partial charge in [0.1, 0.15) is 0 Å². The van der Waals surface area contributed by atoms with E-state index in [-0.39, 0.29) is 6.04 Å². The molecular weight excluding hydrogens is 244 g/mol. The molecule has 1 aromatic rings. The first-order chi connectivity index (χ1) is 9.13. The van der Waals surface area contributed by atoms with Gasteiger partial charge >= 0.3 is 0 Å². The van der Waals surface area contributed by atoms with Crippen molar-refractivity contribution in [2.75, 3.05) is 7.05 Å². The molecule has 2 unspecified atom stereocenters. The van der Waals surface area contributed by atoms with Crippen LogP contribution in [0.1, 0.15) is 57.6 Å². The van der Waals surface area contributed by atoms with Crippen molar-refractivity contribution < 1.29 is 8.78 Å². The highest BCUT2D eigenvalue weighted by atomic mass is 19.2. The molecule has 0 saturated carbocycles. The van der Waals surface area contributed by atoms with Crippen LogP contribution in [-0.2, 0) is 0 Å². The van der Waals surface area contributed by atoms with Crippen molar-refractivity contribution in [3.63, 3.8) is 0 Å². The standard InChI is InChI=1S/C16H25F2N/c1-4-6-8-12(5-2)11-15(19-3)13-9-7-10-14(17)16(13)18/h7,9-10,12,15,19H,4-6,8,11H2,1-3H3. The molecule has 1 nitrogen and oxygen atoms in total. The van der Waals surface area contributed by atoms with E-state index in [1.54, 1.807) is 12.1 Å². The second-order valence-corrected chi connectivity index (χ2v) is 5.14. The van der Waals surface area contributed by atoms with E-state index in [1.807, 2.05) is 7.05 Å². The van der Waals surface area contributed by atoms with E-state index in [2.05, 4.69) is 19.2 Å². The smallest absolute Gasteiger partial charge is 0.163 e. The highest BCUT2D eigenvalue weighted by Crippen LogP contribution is 2.28. The van der Waals surface area contributed by atoms with E-state index in [4.69, 9.17) is 0 Å². The molecule has 0 aliphatic heterocycles. The van der Waals surface area contributed by atoms with Gasteiger partial charge in [0.2, 0.25) is 0 Å². The minimum absolute atomic E-state index is 0.113. The molecule has 2 atom stereocenters. The quantitative estimate of drug-likeness (QED) is 0.712. The molecule has 0 amide bonds. The maximum Gasteiger partial charge on any atom is 0.163 e. The van der Waals surface area contributed by atoms with Crippen molar-refractivity contribution in [2.45, 2.75) is 52.0 Å². The zero-order valence-electron chi connectivity index (χ0n) is 12.2. The Hall–Kier alpha value is -0.960. The van der Waals surface area contributed by atoms with Gasteiger partial charge in [0, 0.05) is 11.6 Å². The van der Waals surface area contributed by atoms with Crippen LogP contribution in [0.2, 0.25) is 0 Å².